The molecule has 0 aromatic heterocycles. The molecule has 0 heterocycles. The van der Waals surface area contributed by atoms with E-state index in [-0.39, 0.29) is 0 Å². The highest BCUT2D eigenvalue weighted by Crippen LogP contribution is 2.40. The van der Waals surface area contributed by atoms with Crippen molar-refractivity contribution in [1.29, 1.82) is 0 Å². The fourth-order valence-corrected chi connectivity index (χ4v) is 3.27. The Kier molecular flexibility index (Phi) is 5.41. The zero-order chi connectivity index (χ0) is 13.6. The number of rotatable bonds is 7. The first-order valence-corrected chi connectivity index (χ1v) is 7.56. The summed E-state index contributed by atoms with van der Waals surface area (Å²) in [6.07, 6.45) is 6.93. The lowest BCUT2D eigenvalue weighted by Gasteiger charge is -2.28. The molecule has 0 saturated heterocycles. The quantitative estimate of drug-likeness (QED) is 0.804. The van der Waals surface area contributed by atoms with Crippen molar-refractivity contribution in [2.24, 2.45) is 5.41 Å². The molecule has 1 aromatic carbocycles. The minimum Gasteiger partial charge on any atom is -0.380 e. The highest BCUT2D eigenvalue weighted by molar-refractivity contribution is 5.26. The molecular formula is C17H27NO. The number of benzene rings is 1. The predicted molar refractivity (Wildman–Crippen MR) is 80.1 cm³/mol. The van der Waals surface area contributed by atoms with Gasteiger partial charge in [0.15, 0.2) is 0 Å². The van der Waals surface area contributed by atoms with Gasteiger partial charge >= 0.3 is 0 Å². The number of hydrogen-bond acceptors (Lipinski definition) is 2. The molecule has 1 aromatic rings. The Bertz CT molecular complexity index is 383. The molecule has 19 heavy (non-hydrogen) atoms. The van der Waals surface area contributed by atoms with E-state index in [1.165, 1.54) is 43.2 Å². The minimum absolute atomic E-state index is 0.566. The van der Waals surface area contributed by atoms with Crippen LogP contribution in [-0.4, -0.2) is 13.7 Å². The van der Waals surface area contributed by atoms with Crippen LogP contribution in [0.25, 0.3) is 0 Å². The van der Waals surface area contributed by atoms with Crippen molar-refractivity contribution in [1.82, 2.24) is 5.32 Å². The second kappa shape index (κ2) is 7.06. The van der Waals surface area contributed by atoms with Crippen LogP contribution < -0.4 is 5.32 Å². The van der Waals surface area contributed by atoms with Crippen LogP contribution in [0.4, 0.5) is 0 Å². The van der Waals surface area contributed by atoms with E-state index in [9.17, 15) is 0 Å². The molecule has 1 aliphatic rings. The van der Waals surface area contributed by atoms with E-state index in [0.29, 0.717) is 12.0 Å². The van der Waals surface area contributed by atoms with Gasteiger partial charge in [0, 0.05) is 20.2 Å². The topological polar surface area (TPSA) is 21.3 Å². The first kappa shape index (κ1) is 14.5. The van der Waals surface area contributed by atoms with Crippen molar-refractivity contribution in [3.8, 4) is 0 Å². The molecule has 1 aliphatic carbocycles. The Morgan fingerprint density at radius 3 is 2.47 bits per heavy atom. The first-order valence-electron chi connectivity index (χ1n) is 7.56. The summed E-state index contributed by atoms with van der Waals surface area (Å²) in [5, 5.41) is 3.68. The molecule has 1 saturated carbocycles. The fourth-order valence-electron chi connectivity index (χ4n) is 3.27. The van der Waals surface area contributed by atoms with Gasteiger partial charge in [-0.05, 0) is 35.8 Å². The maximum atomic E-state index is 5.26. The average Bonchev–Trinajstić information content (AvgIpc) is 2.90. The molecule has 0 unspecified atom stereocenters. The number of ether oxygens (including phenoxy) is 1. The number of hydrogen-bond donors (Lipinski definition) is 1. The normalized spacial score (nSPS) is 17.8. The maximum absolute atomic E-state index is 5.26. The summed E-state index contributed by atoms with van der Waals surface area (Å²) in [6.45, 7) is 5.16. The molecule has 106 valence electrons. The smallest absolute Gasteiger partial charge is 0.0716 e. The van der Waals surface area contributed by atoms with Gasteiger partial charge in [0.2, 0.25) is 0 Å². The summed E-state index contributed by atoms with van der Waals surface area (Å²) >= 11 is 0. The largest absolute Gasteiger partial charge is 0.380 e. The van der Waals surface area contributed by atoms with Crippen LogP contribution in [0.2, 0.25) is 0 Å². The third-order valence-corrected chi connectivity index (χ3v) is 4.65. The van der Waals surface area contributed by atoms with Gasteiger partial charge in [0.1, 0.15) is 0 Å². The summed E-state index contributed by atoms with van der Waals surface area (Å²) in [4.78, 5) is 0. The molecule has 0 spiro atoms. The van der Waals surface area contributed by atoms with E-state index in [2.05, 4.69) is 36.5 Å². The Balaban J connectivity index is 1.88. The zero-order valence-corrected chi connectivity index (χ0v) is 12.4. The summed E-state index contributed by atoms with van der Waals surface area (Å²) in [5.74, 6) is 0. The Hall–Kier alpha value is -0.860. The fraction of sp³-hybridized carbons (Fsp3) is 0.647. The van der Waals surface area contributed by atoms with Crippen molar-refractivity contribution in [3.63, 3.8) is 0 Å². The minimum atomic E-state index is 0.566. The molecule has 2 nitrogen and oxygen atoms in total. The van der Waals surface area contributed by atoms with Crippen LogP contribution in [-0.2, 0) is 17.9 Å². The second-order valence-electron chi connectivity index (χ2n) is 5.87. The molecule has 1 N–H and O–H groups in total. The summed E-state index contributed by atoms with van der Waals surface area (Å²) in [7, 11) is 1.76. The van der Waals surface area contributed by atoms with E-state index in [1.54, 1.807) is 7.11 Å². The van der Waals surface area contributed by atoms with Crippen molar-refractivity contribution in [3.05, 3.63) is 35.4 Å². The van der Waals surface area contributed by atoms with E-state index >= 15 is 0 Å². The second-order valence-corrected chi connectivity index (χ2v) is 5.87. The van der Waals surface area contributed by atoms with Crippen LogP contribution in [0.5, 0.6) is 0 Å². The molecule has 2 rings (SSSR count). The van der Waals surface area contributed by atoms with E-state index in [0.717, 1.165) is 13.1 Å². The van der Waals surface area contributed by atoms with Gasteiger partial charge in [-0.25, -0.2) is 0 Å². The van der Waals surface area contributed by atoms with Crippen LogP contribution in [0, 0.1) is 5.41 Å². The number of nitrogens with one attached hydrogen (secondary N) is 1. The van der Waals surface area contributed by atoms with Crippen molar-refractivity contribution in [2.45, 2.75) is 52.2 Å². The molecular weight excluding hydrogens is 234 g/mol. The van der Waals surface area contributed by atoms with Gasteiger partial charge in [0.25, 0.3) is 0 Å². The van der Waals surface area contributed by atoms with E-state index in [1.807, 2.05) is 0 Å². The highest BCUT2D eigenvalue weighted by Gasteiger charge is 2.31. The first-order chi connectivity index (χ1) is 9.29. The van der Waals surface area contributed by atoms with Gasteiger partial charge in [-0.2, -0.15) is 0 Å². The van der Waals surface area contributed by atoms with Gasteiger partial charge < -0.3 is 10.1 Å². The lowest BCUT2D eigenvalue weighted by Crippen LogP contribution is -2.31. The van der Waals surface area contributed by atoms with Crippen molar-refractivity contribution < 1.29 is 4.74 Å². The molecule has 0 amide bonds. The van der Waals surface area contributed by atoms with Gasteiger partial charge in [-0.1, -0.05) is 44.0 Å². The highest BCUT2D eigenvalue weighted by atomic mass is 16.5. The Morgan fingerprint density at radius 2 is 1.84 bits per heavy atom. The van der Waals surface area contributed by atoms with Gasteiger partial charge in [-0.15, -0.1) is 0 Å². The molecule has 0 aliphatic heterocycles. The van der Waals surface area contributed by atoms with Crippen molar-refractivity contribution in [2.75, 3.05) is 13.7 Å². The molecule has 0 atom stereocenters. The van der Waals surface area contributed by atoms with E-state index < -0.39 is 0 Å². The molecule has 2 heteroatoms. The van der Waals surface area contributed by atoms with Crippen LogP contribution in [0.15, 0.2) is 24.3 Å². The van der Waals surface area contributed by atoms with Crippen LogP contribution >= 0.6 is 0 Å². The predicted octanol–water partition coefficient (Wildman–Crippen LogP) is 3.89. The van der Waals surface area contributed by atoms with Gasteiger partial charge in [-0.3, -0.25) is 0 Å². The molecule has 0 bridgehead atoms. The molecule has 1 fully saturated rings. The third-order valence-electron chi connectivity index (χ3n) is 4.65. The lowest BCUT2D eigenvalue weighted by atomic mass is 9.83. The van der Waals surface area contributed by atoms with Gasteiger partial charge in [0.05, 0.1) is 6.61 Å². The zero-order valence-electron chi connectivity index (χ0n) is 12.4. The monoisotopic (exact) mass is 261 g/mol. The van der Waals surface area contributed by atoms with Crippen LogP contribution in [0.1, 0.15) is 50.2 Å². The third kappa shape index (κ3) is 3.80. The lowest BCUT2D eigenvalue weighted by molar-refractivity contribution is 0.184. The van der Waals surface area contributed by atoms with Crippen LogP contribution in [0.3, 0.4) is 0 Å². The summed E-state index contributed by atoms with van der Waals surface area (Å²) in [5.41, 5.74) is 3.24. The summed E-state index contributed by atoms with van der Waals surface area (Å²) in [6, 6.07) is 8.56. The van der Waals surface area contributed by atoms with Crippen molar-refractivity contribution >= 4 is 0 Å². The average molecular weight is 261 g/mol. The standard InChI is InChI=1S/C17H27NO/c1-3-17(10-6-7-11-17)14-18-12-15-8-4-5-9-16(15)13-19-2/h4-5,8-9,18H,3,6-7,10-14H2,1-2H3. The Morgan fingerprint density at radius 1 is 1.16 bits per heavy atom. The molecule has 0 radical (unpaired) electrons. The maximum Gasteiger partial charge on any atom is 0.0716 e. The van der Waals surface area contributed by atoms with E-state index in [4.69, 9.17) is 4.74 Å². The SMILES string of the molecule is CCC1(CNCc2ccccc2COC)CCCC1. The summed E-state index contributed by atoms with van der Waals surface area (Å²) < 4.78 is 5.26. The number of methoxy groups -OCH3 is 1. The Labute approximate surface area is 117 Å².